The van der Waals surface area contributed by atoms with Crippen LogP contribution in [0.5, 0.6) is 0 Å². The van der Waals surface area contributed by atoms with Crippen LogP contribution in [0, 0.1) is 23.3 Å². The molecule has 0 saturated carbocycles. The summed E-state index contributed by atoms with van der Waals surface area (Å²) < 4.78 is 63.3. The molecule has 0 aromatic heterocycles. The second-order valence-corrected chi connectivity index (χ2v) is 18.5. The Morgan fingerprint density at radius 2 is 1.42 bits per heavy atom. The summed E-state index contributed by atoms with van der Waals surface area (Å²) >= 11 is 0. The lowest BCUT2D eigenvalue weighted by Crippen LogP contribution is -2.65. The zero-order valence-electron chi connectivity index (χ0n) is 27.2. The smallest absolute Gasteiger partial charge is 0.339 e. The lowest BCUT2D eigenvalue weighted by molar-refractivity contribution is 0.0689. The Morgan fingerprint density at radius 3 is 2.04 bits per heavy atom. The summed E-state index contributed by atoms with van der Waals surface area (Å²) in [6.45, 7) is 16.7. The van der Waals surface area contributed by atoms with E-state index in [0.717, 1.165) is 43.7 Å². The van der Waals surface area contributed by atoms with Crippen molar-refractivity contribution < 1.29 is 27.5 Å². The molecule has 45 heavy (non-hydrogen) atoms. The van der Waals surface area contributed by atoms with Gasteiger partial charge < -0.3 is 10.0 Å². The van der Waals surface area contributed by atoms with Gasteiger partial charge in [0.15, 0.2) is 28.8 Å². The Bertz CT molecular complexity index is 2110. The monoisotopic (exact) mass is 633 g/mol. The zero-order valence-corrected chi connectivity index (χ0v) is 28.2. The van der Waals surface area contributed by atoms with Crippen LogP contribution in [0.1, 0.15) is 74.2 Å². The van der Waals surface area contributed by atoms with E-state index in [1.165, 1.54) is 0 Å². The summed E-state index contributed by atoms with van der Waals surface area (Å²) in [5.74, 6) is -9.74. The van der Waals surface area contributed by atoms with E-state index in [1.54, 1.807) is 0 Å². The highest BCUT2D eigenvalue weighted by molar-refractivity contribution is 7.01. The minimum absolute atomic E-state index is 0.0469. The first-order valence-electron chi connectivity index (χ1n) is 14.9. The Labute approximate surface area is 261 Å². The molecule has 3 aromatic carbocycles. The van der Waals surface area contributed by atoms with E-state index in [4.69, 9.17) is 0 Å². The fourth-order valence-electron chi connectivity index (χ4n) is 7.47. The van der Waals surface area contributed by atoms with E-state index in [9.17, 15) is 14.3 Å². The lowest BCUT2D eigenvalue weighted by Gasteiger charge is -2.43. The highest BCUT2D eigenvalue weighted by atomic mass is 28.3. The molecule has 0 bridgehead atoms. The number of hydrogen-bond donors (Lipinski definition) is 1. The zero-order chi connectivity index (χ0) is 33.3. The molecular weight excluding hydrogens is 596 g/mol. The lowest BCUT2D eigenvalue weighted by atomic mass is 9.84. The van der Waals surface area contributed by atoms with Crippen LogP contribution in [-0.4, -0.2) is 44.3 Å². The average Bonchev–Trinajstić information content (AvgIpc) is 2.94. The van der Waals surface area contributed by atoms with E-state index in [-0.39, 0.29) is 16.7 Å². The first kappa shape index (κ1) is 31.0. The molecule has 9 heteroatoms. The number of fused-ring (bicyclic) bond motifs is 4. The van der Waals surface area contributed by atoms with Crippen molar-refractivity contribution in [1.82, 2.24) is 4.58 Å². The molecule has 0 aliphatic carbocycles. The predicted molar refractivity (Wildman–Crippen MR) is 175 cm³/mol. The Morgan fingerprint density at radius 1 is 0.822 bits per heavy atom. The summed E-state index contributed by atoms with van der Waals surface area (Å²) in [5, 5.41) is 13.3. The van der Waals surface area contributed by atoms with E-state index in [2.05, 4.69) is 74.5 Å². The van der Waals surface area contributed by atoms with Gasteiger partial charge in [-0.1, -0.05) is 19.2 Å². The number of carbonyl (C=O) groups is 1. The van der Waals surface area contributed by atoms with Crippen LogP contribution in [0.3, 0.4) is 0 Å². The van der Waals surface area contributed by atoms with E-state index < -0.39 is 48.4 Å². The minimum Gasteiger partial charge on any atom is -0.478 e. The molecule has 0 atom stereocenters. The van der Waals surface area contributed by atoms with Crippen molar-refractivity contribution in [3.63, 3.8) is 0 Å². The number of carboxylic acid groups (broad SMARTS) is 1. The number of anilines is 1. The van der Waals surface area contributed by atoms with E-state index in [1.807, 2.05) is 40.1 Å². The molecule has 6 rings (SSSR count). The first-order chi connectivity index (χ1) is 20.7. The predicted octanol–water partition coefficient (Wildman–Crippen LogP) is 5.27. The number of carboxylic acids is 1. The van der Waals surface area contributed by atoms with Gasteiger partial charge in [-0.15, -0.1) is 0 Å². The molecule has 3 aliphatic heterocycles. The molecular formula is C36H37F4N2O2Si+. The second-order valence-electron chi connectivity index (χ2n) is 14.2. The molecule has 0 unspecified atom stereocenters. The molecule has 4 nitrogen and oxygen atoms in total. The number of aromatic carboxylic acids is 1. The fourth-order valence-corrected chi connectivity index (χ4v) is 10.5. The second kappa shape index (κ2) is 9.51. The summed E-state index contributed by atoms with van der Waals surface area (Å²) in [5.41, 5.74) is 2.48. The molecule has 0 fully saturated rings. The van der Waals surface area contributed by atoms with Gasteiger partial charge in [-0.05, 0) is 84.3 Å². The van der Waals surface area contributed by atoms with Gasteiger partial charge in [-0.3, -0.25) is 0 Å². The maximum atomic E-state index is 16.1. The Kier molecular flexibility index (Phi) is 6.56. The number of allylic oxidation sites excluding steroid dienone is 2. The van der Waals surface area contributed by atoms with Crippen molar-refractivity contribution in [3.05, 3.63) is 98.1 Å². The van der Waals surface area contributed by atoms with Crippen molar-refractivity contribution in [2.45, 2.75) is 65.7 Å². The first-order valence-corrected chi connectivity index (χ1v) is 17.9. The van der Waals surface area contributed by atoms with Crippen molar-refractivity contribution >= 4 is 46.8 Å². The number of rotatable bonds is 2. The van der Waals surface area contributed by atoms with Gasteiger partial charge in [0.1, 0.15) is 20.7 Å². The highest BCUT2D eigenvalue weighted by Crippen LogP contribution is 2.41. The van der Waals surface area contributed by atoms with Crippen molar-refractivity contribution in [2.24, 2.45) is 0 Å². The van der Waals surface area contributed by atoms with Crippen molar-refractivity contribution in [1.29, 1.82) is 0 Å². The van der Waals surface area contributed by atoms with Crippen LogP contribution >= 0.6 is 0 Å². The molecule has 3 heterocycles. The van der Waals surface area contributed by atoms with E-state index in [0.29, 0.717) is 10.8 Å². The molecule has 0 radical (unpaired) electrons. The summed E-state index contributed by atoms with van der Waals surface area (Å²) in [4.78, 5) is 14.7. The van der Waals surface area contributed by atoms with Crippen LogP contribution in [0.25, 0.3) is 16.7 Å². The molecule has 3 aromatic rings. The molecule has 1 N–H and O–H groups in total. The fraction of sp³-hybridized carbons (Fsp3) is 0.333. The topological polar surface area (TPSA) is 43.6 Å². The third-order valence-electron chi connectivity index (χ3n) is 10.3. The Balaban J connectivity index is 1.91. The van der Waals surface area contributed by atoms with Gasteiger partial charge in [-0.25, -0.2) is 26.9 Å². The maximum Gasteiger partial charge on any atom is 0.339 e. The van der Waals surface area contributed by atoms with Gasteiger partial charge in [0.05, 0.1) is 5.54 Å². The van der Waals surface area contributed by atoms with Crippen LogP contribution in [0.4, 0.5) is 23.2 Å². The number of likely N-dealkylation sites (N-methyl/N-ethyl adjacent to an activating group) is 2. The third kappa shape index (κ3) is 4.15. The van der Waals surface area contributed by atoms with Gasteiger partial charge in [-0.2, -0.15) is 0 Å². The average molecular weight is 634 g/mol. The molecule has 234 valence electrons. The number of nitrogens with zero attached hydrogens (tertiary/aromatic N) is 2. The standard InChI is InChI=1S/C36H36F4N2O2Si/c1-17-15-35(3,4)41(7)23-13-25-21(11-19(17)23)27(28-29(34(43)44)31(38)33(40)32(39)30(28)37)22-12-20-18(2)16-36(5,6)42(8)24(20)14-26(22)45(25,9)10/h11-16H,1-10H3/p+1. The van der Waals surface area contributed by atoms with Crippen LogP contribution in [0.15, 0.2) is 36.4 Å². The van der Waals surface area contributed by atoms with Crippen LogP contribution < -0.4 is 30.4 Å². The number of benzene rings is 3. The van der Waals surface area contributed by atoms with Gasteiger partial charge >= 0.3 is 5.97 Å². The molecule has 0 amide bonds. The summed E-state index contributed by atoms with van der Waals surface area (Å²) in [6.07, 6.45) is 4.23. The molecule has 3 aliphatic rings. The quantitative estimate of drug-likeness (QED) is 0.138. The largest absolute Gasteiger partial charge is 0.478 e. The number of halogens is 4. The van der Waals surface area contributed by atoms with Crippen LogP contribution in [-0.2, 0) is 0 Å². The summed E-state index contributed by atoms with van der Waals surface area (Å²) in [6, 6.07) is 7.92. The number of hydrogen-bond acceptors (Lipinski definition) is 2. The third-order valence-corrected chi connectivity index (χ3v) is 13.8. The summed E-state index contributed by atoms with van der Waals surface area (Å²) in [7, 11) is 1.33. The normalized spacial score (nSPS) is 18.8. The van der Waals surface area contributed by atoms with Crippen molar-refractivity contribution in [2.75, 3.05) is 19.0 Å². The van der Waals surface area contributed by atoms with Gasteiger partial charge in [0, 0.05) is 54.9 Å². The van der Waals surface area contributed by atoms with E-state index >= 15 is 13.2 Å². The SMILES string of the molecule is CC1=CC(C)(C)N(C)c2cc3c(cc21)C(c1c(F)c(F)c(F)c(F)c1C(=O)O)=c1cc2c(cc1[Si]3(C)C)=[N+](C)C(C)(C)C=C2C. The molecule has 0 saturated heterocycles. The molecule has 0 spiro atoms. The van der Waals surface area contributed by atoms with Crippen LogP contribution in [0.2, 0.25) is 13.1 Å². The highest BCUT2D eigenvalue weighted by Gasteiger charge is 2.42. The Hall–Kier alpha value is -3.98. The van der Waals surface area contributed by atoms with Gasteiger partial charge in [0.2, 0.25) is 5.36 Å². The van der Waals surface area contributed by atoms with Gasteiger partial charge in [0.25, 0.3) is 0 Å². The van der Waals surface area contributed by atoms with Crippen molar-refractivity contribution in [3.8, 4) is 0 Å². The maximum absolute atomic E-state index is 16.1. The minimum atomic E-state index is -2.67.